The highest BCUT2D eigenvalue weighted by Gasteiger charge is 2.18. The van der Waals surface area contributed by atoms with E-state index >= 15 is 0 Å². The molecule has 0 amide bonds. The molecule has 0 aromatic heterocycles. The summed E-state index contributed by atoms with van der Waals surface area (Å²) in [7, 11) is 0. The van der Waals surface area contributed by atoms with Crippen LogP contribution in [0.15, 0.2) is 58.3 Å². The van der Waals surface area contributed by atoms with E-state index in [9.17, 15) is 4.79 Å². The van der Waals surface area contributed by atoms with Gasteiger partial charge in [0, 0.05) is 20.1 Å². The highest BCUT2D eigenvalue weighted by molar-refractivity contribution is 7.99. The van der Waals surface area contributed by atoms with Crippen LogP contribution in [-0.4, -0.2) is 5.78 Å². The summed E-state index contributed by atoms with van der Waals surface area (Å²) in [6.45, 7) is 5.87. The minimum atomic E-state index is -0.0771. The van der Waals surface area contributed by atoms with E-state index in [1.54, 1.807) is 18.7 Å². The Labute approximate surface area is 136 Å². The van der Waals surface area contributed by atoms with Crippen molar-refractivity contribution in [3.8, 4) is 0 Å². The van der Waals surface area contributed by atoms with Crippen molar-refractivity contribution in [2.75, 3.05) is 0 Å². The fourth-order valence-electron chi connectivity index (χ4n) is 1.98. The summed E-state index contributed by atoms with van der Waals surface area (Å²) in [6, 6.07) is 16.3. The Bertz CT molecular complexity index is 613. The van der Waals surface area contributed by atoms with E-state index in [0.29, 0.717) is 0 Å². The summed E-state index contributed by atoms with van der Waals surface area (Å²) in [5.74, 6) is 0.100. The monoisotopic (exact) mass is 316 g/mol. The lowest BCUT2D eigenvalue weighted by Crippen LogP contribution is -2.11. The maximum atomic E-state index is 11.3. The number of Topliss-reactive ketones (excluding diaryl/α,β-unsaturated/α-hetero) is 1. The SMILES string of the molecule is CCC(C)(S)c1ccc(Sc2ccc(C(C)=O)cc2)cc1. The van der Waals surface area contributed by atoms with Crippen LogP contribution in [0.4, 0.5) is 0 Å². The molecule has 0 saturated carbocycles. The second kappa shape index (κ2) is 6.71. The molecule has 2 rings (SSSR count). The van der Waals surface area contributed by atoms with Gasteiger partial charge in [-0.25, -0.2) is 0 Å². The first-order chi connectivity index (χ1) is 9.92. The first kappa shape index (κ1) is 16.2. The van der Waals surface area contributed by atoms with Crippen LogP contribution in [0.3, 0.4) is 0 Å². The molecule has 0 aliphatic rings. The van der Waals surface area contributed by atoms with Gasteiger partial charge in [-0.05, 0) is 50.1 Å². The number of benzene rings is 2. The van der Waals surface area contributed by atoms with Gasteiger partial charge in [0.25, 0.3) is 0 Å². The molecule has 0 radical (unpaired) electrons. The van der Waals surface area contributed by atoms with Gasteiger partial charge < -0.3 is 0 Å². The van der Waals surface area contributed by atoms with Gasteiger partial charge in [0.05, 0.1) is 0 Å². The van der Waals surface area contributed by atoms with Crippen LogP contribution in [0.5, 0.6) is 0 Å². The molecule has 1 atom stereocenters. The van der Waals surface area contributed by atoms with Crippen LogP contribution in [0, 0.1) is 0 Å². The van der Waals surface area contributed by atoms with Crippen LogP contribution in [0.1, 0.15) is 43.1 Å². The Kier molecular flexibility index (Phi) is 5.17. The molecule has 0 N–H and O–H groups in total. The standard InChI is InChI=1S/C18H20OS2/c1-4-18(3,20)15-7-11-17(12-8-15)21-16-9-5-14(6-10-16)13(2)19/h5-12,20H,4H2,1-3H3. The molecule has 0 heterocycles. The molecule has 0 bridgehead atoms. The Morgan fingerprint density at radius 2 is 1.52 bits per heavy atom. The van der Waals surface area contributed by atoms with E-state index in [2.05, 4.69) is 38.1 Å². The molecule has 0 aliphatic carbocycles. The topological polar surface area (TPSA) is 17.1 Å². The zero-order chi connectivity index (χ0) is 15.5. The summed E-state index contributed by atoms with van der Waals surface area (Å²) in [6.07, 6.45) is 0.995. The molecule has 1 nitrogen and oxygen atoms in total. The van der Waals surface area contributed by atoms with E-state index in [-0.39, 0.29) is 10.5 Å². The van der Waals surface area contributed by atoms with Crippen molar-refractivity contribution in [3.63, 3.8) is 0 Å². The molecule has 110 valence electrons. The highest BCUT2D eigenvalue weighted by atomic mass is 32.2. The van der Waals surface area contributed by atoms with Gasteiger partial charge in [-0.1, -0.05) is 43.0 Å². The lowest BCUT2D eigenvalue weighted by molar-refractivity contribution is 0.101. The van der Waals surface area contributed by atoms with Gasteiger partial charge in [0.2, 0.25) is 0 Å². The van der Waals surface area contributed by atoms with Gasteiger partial charge in [0.15, 0.2) is 5.78 Å². The van der Waals surface area contributed by atoms with Crippen molar-refractivity contribution in [2.24, 2.45) is 0 Å². The van der Waals surface area contributed by atoms with E-state index in [0.717, 1.165) is 16.9 Å². The smallest absolute Gasteiger partial charge is 0.159 e. The van der Waals surface area contributed by atoms with Gasteiger partial charge in [-0.15, -0.1) is 0 Å². The van der Waals surface area contributed by atoms with Crippen molar-refractivity contribution in [2.45, 2.75) is 41.7 Å². The number of carbonyl (C=O) groups is 1. The predicted molar refractivity (Wildman–Crippen MR) is 93.6 cm³/mol. The number of ketones is 1. The Morgan fingerprint density at radius 3 is 1.95 bits per heavy atom. The molecule has 0 saturated heterocycles. The van der Waals surface area contributed by atoms with Gasteiger partial charge >= 0.3 is 0 Å². The molecule has 2 aromatic rings. The highest BCUT2D eigenvalue weighted by Crippen LogP contribution is 2.34. The van der Waals surface area contributed by atoms with E-state index in [4.69, 9.17) is 12.6 Å². The zero-order valence-electron chi connectivity index (χ0n) is 12.6. The third-order valence-electron chi connectivity index (χ3n) is 3.66. The van der Waals surface area contributed by atoms with Crippen LogP contribution >= 0.6 is 24.4 Å². The maximum absolute atomic E-state index is 11.3. The number of carbonyl (C=O) groups excluding carboxylic acids is 1. The summed E-state index contributed by atoms with van der Waals surface area (Å²) < 4.78 is -0.0771. The molecule has 0 aliphatic heterocycles. The largest absolute Gasteiger partial charge is 0.295 e. The average molecular weight is 316 g/mol. The van der Waals surface area contributed by atoms with Crippen LogP contribution in [0.25, 0.3) is 0 Å². The van der Waals surface area contributed by atoms with Crippen molar-refractivity contribution < 1.29 is 4.79 Å². The van der Waals surface area contributed by atoms with Crippen LogP contribution in [0.2, 0.25) is 0 Å². The second-order valence-corrected chi connectivity index (χ2v) is 7.47. The van der Waals surface area contributed by atoms with Crippen molar-refractivity contribution in [1.29, 1.82) is 0 Å². The van der Waals surface area contributed by atoms with Gasteiger partial charge in [-0.2, -0.15) is 12.6 Å². The summed E-state index contributed by atoms with van der Waals surface area (Å²) in [5, 5.41) is 0. The van der Waals surface area contributed by atoms with Crippen LogP contribution in [-0.2, 0) is 4.75 Å². The quantitative estimate of drug-likeness (QED) is 0.571. The Morgan fingerprint density at radius 1 is 1.05 bits per heavy atom. The lowest BCUT2D eigenvalue weighted by atomic mass is 9.98. The average Bonchev–Trinajstić information content (AvgIpc) is 2.48. The Balaban J connectivity index is 2.11. The maximum Gasteiger partial charge on any atom is 0.159 e. The van der Waals surface area contributed by atoms with E-state index in [1.165, 1.54) is 10.5 Å². The van der Waals surface area contributed by atoms with Crippen molar-refractivity contribution in [1.82, 2.24) is 0 Å². The van der Waals surface area contributed by atoms with E-state index < -0.39 is 0 Å². The molecule has 2 aromatic carbocycles. The number of thiol groups is 1. The summed E-state index contributed by atoms with van der Waals surface area (Å²) >= 11 is 6.40. The van der Waals surface area contributed by atoms with Crippen LogP contribution < -0.4 is 0 Å². The first-order valence-electron chi connectivity index (χ1n) is 7.04. The summed E-state index contributed by atoms with van der Waals surface area (Å²) in [4.78, 5) is 13.6. The van der Waals surface area contributed by atoms with Gasteiger partial charge in [-0.3, -0.25) is 4.79 Å². The zero-order valence-corrected chi connectivity index (χ0v) is 14.3. The molecule has 21 heavy (non-hydrogen) atoms. The fraction of sp³-hybridized carbons (Fsp3) is 0.278. The summed E-state index contributed by atoms with van der Waals surface area (Å²) in [5.41, 5.74) is 1.99. The second-order valence-electron chi connectivity index (χ2n) is 5.33. The molecule has 3 heteroatoms. The van der Waals surface area contributed by atoms with E-state index in [1.807, 2.05) is 24.3 Å². The number of hydrogen-bond donors (Lipinski definition) is 1. The first-order valence-corrected chi connectivity index (χ1v) is 8.30. The van der Waals surface area contributed by atoms with Gasteiger partial charge in [0.1, 0.15) is 0 Å². The van der Waals surface area contributed by atoms with Crippen molar-refractivity contribution in [3.05, 3.63) is 59.7 Å². The molecular weight excluding hydrogens is 296 g/mol. The third kappa shape index (κ3) is 4.14. The molecule has 0 fully saturated rings. The molecular formula is C18H20OS2. The number of hydrogen-bond acceptors (Lipinski definition) is 3. The third-order valence-corrected chi connectivity index (χ3v) is 5.25. The fourth-order valence-corrected chi connectivity index (χ4v) is 2.95. The normalized spacial score (nSPS) is 13.7. The Hall–Kier alpha value is -1.19. The molecule has 0 spiro atoms. The number of rotatable bonds is 5. The van der Waals surface area contributed by atoms with Crippen molar-refractivity contribution >= 4 is 30.2 Å². The minimum absolute atomic E-state index is 0.0771. The lowest BCUT2D eigenvalue weighted by Gasteiger charge is -2.22. The predicted octanol–water partition coefficient (Wildman–Crippen LogP) is 5.60. The molecule has 1 unspecified atom stereocenters. The minimum Gasteiger partial charge on any atom is -0.295 e.